The lowest BCUT2D eigenvalue weighted by Gasteiger charge is -2.57. The van der Waals surface area contributed by atoms with E-state index >= 15 is 0 Å². The minimum atomic E-state index is 0.485. The van der Waals surface area contributed by atoms with Gasteiger partial charge in [-0.15, -0.1) is 0 Å². The van der Waals surface area contributed by atoms with Crippen molar-refractivity contribution in [1.29, 1.82) is 0 Å². The lowest BCUT2D eigenvalue weighted by atomic mass is 9.48. The molecule has 0 atom stereocenters. The van der Waals surface area contributed by atoms with Gasteiger partial charge in [-0.25, -0.2) is 0 Å². The Morgan fingerprint density at radius 3 is 2.00 bits per heavy atom. The van der Waals surface area contributed by atoms with Crippen LogP contribution in [0.1, 0.15) is 69.4 Å². The van der Waals surface area contributed by atoms with Crippen LogP contribution < -0.4 is 5.73 Å². The molecule has 0 spiro atoms. The zero-order chi connectivity index (χ0) is 13.9. The average molecular weight is 269 g/mol. The van der Waals surface area contributed by atoms with Gasteiger partial charge in [-0.05, 0) is 84.8 Å². The Morgan fingerprint density at radius 1 is 1.00 bits per heavy atom. The number of nitrogen functional groups attached to an aromatic ring is 1. The van der Waals surface area contributed by atoms with Gasteiger partial charge in [0.1, 0.15) is 0 Å². The van der Waals surface area contributed by atoms with Crippen LogP contribution in [-0.4, -0.2) is 0 Å². The molecule has 20 heavy (non-hydrogen) atoms. The molecule has 1 heteroatoms. The Kier molecular flexibility index (Phi) is 2.71. The number of benzene rings is 1. The van der Waals surface area contributed by atoms with Crippen molar-refractivity contribution in [2.45, 2.75) is 63.7 Å². The van der Waals surface area contributed by atoms with Crippen LogP contribution in [0.5, 0.6) is 0 Å². The molecule has 2 N–H and O–H groups in total. The first-order valence-electron chi connectivity index (χ1n) is 8.45. The molecule has 1 aromatic carbocycles. The molecule has 0 amide bonds. The predicted molar refractivity (Wildman–Crippen MR) is 84.8 cm³/mol. The molecule has 4 fully saturated rings. The average Bonchev–Trinajstić information content (AvgIpc) is 2.36. The molecule has 108 valence electrons. The molecule has 0 saturated heterocycles. The molecule has 0 radical (unpaired) electrons. The fourth-order valence-electron chi connectivity index (χ4n) is 5.89. The van der Waals surface area contributed by atoms with Gasteiger partial charge >= 0.3 is 0 Å². The van der Waals surface area contributed by atoms with E-state index in [9.17, 15) is 0 Å². The van der Waals surface area contributed by atoms with Crippen molar-refractivity contribution < 1.29 is 0 Å². The second-order valence-electron chi connectivity index (χ2n) is 8.20. The highest BCUT2D eigenvalue weighted by Gasteiger charge is 2.51. The van der Waals surface area contributed by atoms with Crippen LogP contribution in [0.4, 0.5) is 5.69 Å². The molecule has 0 heterocycles. The van der Waals surface area contributed by atoms with E-state index in [2.05, 4.69) is 32.0 Å². The first kappa shape index (κ1) is 12.7. The van der Waals surface area contributed by atoms with Crippen LogP contribution >= 0.6 is 0 Å². The summed E-state index contributed by atoms with van der Waals surface area (Å²) in [7, 11) is 0. The summed E-state index contributed by atoms with van der Waals surface area (Å²) in [5.41, 5.74) is 10.7. The Morgan fingerprint density at radius 2 is 1.55 bits per heavy atom. The minimum Gasteiger partial charge on any atom is -0.398 e. The highest BCUT2D eigenvalue weighted by molar-refractivity contribution is 5.52. The maximum Gasteiger partial charge on any atom is 0.0352 e. The van der Waals surface area contributed by atoms with Gasteiger partial charge in [-0.3, -0.25) is 0 Å². The Bertz CT molecular complexity index is 493. The van der Waals surface area contributed by atoms with Gasteiger partial charge in [0.2, 0.25) is 0 Å². The van der Waals surface area contributed by atoms with Crippen LogP contribution in [0.2, 0.25) is 0 Å². The van der Waals surface area contributed by atoms with Crippen molar-refractivity contribution in [3.05, 3.63) is 29.3 Å². The third-order valence-corrected chi connectivity index (χ3v) is 6.36. The first-order valence-corrected chi connectivity index (χ1v) is 8.45. The molecular formula is C19H27N. The van der Waals surface area contributed by atoms with E-state index in [1.165, 1.54) is 44.1 Å². The SMILES string of the molecule is CC(C)c1ccc(C23CC4CC(CC(C4)C2)C3)cc1N. The van der Waals surface area contributed by atoms with Crippen molar-refractivity contribution in [3.63, 3.8) is 0 Å². The van der Waals surface area contributed by atoms with Crippen LogP contribution in [0.25, 0.3) is 0 Å². The molecule has 4 saturated carbocycles. The molecule has 1 aromatic rings. The minimum absolute atomic E-state index is 0.485. The lowest BCUT2D eigenvalue weighted by Crippen LogP contribution is -2.48. The summed E-state index contributed by atoms with van der Waals surface area (Å²) < 4.78 is 0. The highest BCUT2D eigenvalue weighted by atomic mass is 14.6. The van der Waals surface area contributed by atoms with E-state index in [0.717, 1.165) is 23.4 Å². The van der Waals surface area contributed by atoms with Crippen molar-refractivity contribution in [1.82, 2.24) is 0 Å². The highest BCUT2D eigenvalue weighted by Crippen LogP contribution is 2.60. The monoisotopic (exact) mass is 269 g/mol. The summed E-state index contributed by atoms with van der Waals surface area (Å²) in [6, 6.07) is 7.02. The van der Waals surface area contributed by atoms with Crippen molar-refractivity contribution >= 4 is 5.69 Å². The van der Waals surface area contributed by atoms with E-state index in [-0.39, 0.29) is 0 Å². The molecule has 0 unspecified atom stereocenters. The summed E-state index contributed by atoms with van der Waals surface area (Å²) in [5, 5.41) is 0. The smallest absolute Gasteiger partial charge is 0.0352 e. The third kappa shape index (κ3) is 1.82. The van der Waals surface area contributed by atoms with Crippen molar-refractivity contribution in [3.8, 4) is 0 Å². The molecule has 1 nitrogen and oxygen atoms in total. The third-order valence-electron chi connectivity index (χ3n) is 6.36. The fourth-order valence-corrected chi connectivity index (χ4v) is 5.89. The number of nitrogens with two attached hydrogens (primary N) is 1. The topological polar surface area (TPSA) is 26.0 Å². The predicted octanol–water partition coefficient (Wildman–Crippen LogP) is 4.86. The summed E-state index contributed by atoms with van der Waals surface area (Å²) >= 11 is 0. The largest absolute Gasteiger partial charge is 0.398 e. The maximum atomic E-state index is 6.34. The van der Waals surface area contributed by atoms with Gasteiger partial charge in [0.25, 0.3) is 0 Å². The van der Waals surface area contributed by atoms with Gasteiger partial charge in [0.15, 0.2) is 0 Å². The van der Waals surface area contributed by atoms with E-state index in [1.54, 1.807) is 5.56 Å². The summed E-state index contributed by atoms with van der Waals surface area (Å²) in [6.45, 7) is 4.46. The lowest BCUT2D eigenvalue weighted by molar-refractivity contribution is -0.00517. The van der Waals surface area contributed by atoms with Crippen LogP contribution in [0.15, 0.2) is 18.2 Å². The van der Waals surface area contributed by atoms with Gasteiger partial charge < -0.3 is 5.73 Å². The van der Waals surface area contributed by atoms with Crippen molar-refractivity contribution in [2.75, 3.05) is 5.73 Å². The molecule has 0 aliphatic heterocycles. The Labute approximate surface area is 122 Å². The Balaban J connectivity index is 1.72. The molecule has 0 aromatic heterocycles. The normalized spacial score (nSPS) is 38.6. The number of hydrogen-bond acceptors (Lipinski definition) is 1. The van der Waals surface area contributed by atoms with Gasteiger partial charge in [-0.1, -0.05) is 26.0 Å². The summed E-state index contributed by atoms with van der Waals surface area (Å²) in [6.07, 6.45) is 8.83. The number of anilines is 1. The maximum absolute atomic E-state index is 6.34. The van der Waals surface area contributed by atoms with E-state index in [4.69, 9.17) is 5.73 Å². The van der Waals surface area contributed by atoms with E-state index in [0.29, 0.717) is 11.3 Å². The van der Waals surface area contributed by atoms with Crippen molar-refractivity contribution in [2.24, 2.45) is 17.8 Å². The van der Waals surface area contributed by atoms with Gasteiger partial charge in [-0.2, -0.15) is 0 Å². The second kappa shape index (κ2) is 4.26. The second-order valence-corrected chi connectivity index (χ2v) is 8.20. The molecule has 4 aliphatic carbocycles. The van der Waals surface area contributed by atoms with Crippen LogP contribution in [-0.2, 0) is 5.41 Å². The number of hydrogen-bond donors (Lipinski definition) is 1. The standard InChI is InChI=1S/C19H27N/c1-12(2)17-4-3-16(8-18(17)20)19-9-13-5-14(10-19)7-15(6-13)11-19/h3-4,8,12-15H,5-7,9-11,20H2,1-2H3. The fraction of sp³-hybridized carbons (Fsp3) is 0.684. The van der Waals surface area contributed by atoms with E-state index in [1.807, 2.05) is 0 Å². The quantitative estimate of drug-likeness (QED) is 0.762. The first-order chi connectivity index (χ1) is 9.56. The van der Waals surface area contributed by atoms with Gasteiger partial charge in [0.05, 0.1) is 0 Å². The zero-order valence-electron chi connectivity index (χ0n) is 12.9. The molecule has 4 aliphatic rings. The molecular weight excluding hydrogens is 242 g/mol. The van der Waals surface area contributed by atoms with E-state index < -0.39 is 0 Å². The van der Waals surface area contributed by atoms with Gasteiger partial charge in [0, 0.05) is 5.69 Å². The van der Waals surface area contributed by atoms with Crippen LogP contribution in [0.3, 0.4) is 0 Å². The summed E-state index contributed by atoms with van der Waals surface area (Å²) in [4.78, 5) is 0. The Hall–Kier alpha value is -0.980. The summed E-state index contributed by atoms with van der Waals surface area (Å²) in [5.74, 6) is 3.55. The number of rotatable bonds is 2. The zero-order valence-corrected chi connectivity index (χ0v) is 12.9. The van der Waals surface area contributed by atoms with Crippen LogP contribution in [0, 0.1) is 17.8 Å². The molecule has 4 bridgehead atoms. The molecule has 5 rings (SSSR count).